The molecule has 2 N–H and O–H groups in total. The fourth-order valence-corrected chi connectivity index (χ4v) is 2.70. The molecule has 0 bridgehead atoms. The van der Waals surface area contributed by atoms with Gasteiger partial charge in [0.25, 0.3) is 0 Å². The maximum Gasteiger partial charge on any atom is 0.201 e. The molecule has 1 saturated carbocycles. The van der Waals surface area contributed by atoms with Crippen LogP contribution < -0.4 is 5.73 Å². The lowest BCUT2D eigenvalue weighted by Crippen LogP contribution is -2.13. The molecule has 1 aliphatic rings. The third-order valence-corrected chi connectivity index (χ3v) is 3.81. The summed E-state index contributed by atoms with van der Waals surface area (Å²) in [5.41, 5.74) is 8.51. The molecule has 4 nitrogen and oxygen atoms in total. The minimum atomic E-state index is 0.486. The summed E-state index contributed by atoms with van der Waals surface area (Å²) in [4.78, 5) is 8.45. The van der Waals surface area contributed by atoms with Crippen LogP contribution in [0.5, 0.6) is 0 Å². The van der Waals surface area contributed by atoms with Crippen LogP contribution in [0.2, 0.25) is 0 Å². The fourth-order valence-electron chi connectivity index (χ4n) is 2.70. The second kappa shape index (κ2) is 3.72. The number of hydrogen-bond donors (Lipinski definition) is 1. The number of hydrogen-bond acceptors (Lipinski definition) is 3. The summed E-state index contributed by atoms with van der Waals surface area (Å²) in [6, 6.07) is 2.00. The first-order valence-electron chi connectivity index (χ1n) is 6.30. The van der Waals surface area contributed by atoms with Crippen LogP contribution >= 0.6 is 0 Å². The summed E-state index contributed by atoms with van der Waals surface area (Å²) in [5.74, 6) is 0.621. The van der Waals surface area contributed by atoms with E-state index in [9.17, 15) is 0 Å². The molecule has 0 unspecified atom stereocenters. The zero-order chi connectivity index (χ0) is 11.9. The molecule has 90 valence electrons. The fraction of sp³-hybridized carbons (Fsp3) is 0.538. The SMILES string of the molecule is CCCC1(Cn2c(N)nc3cnccc32)CC1. The van der Waals surface area contributed by atoms with Gasteiger partial charge in [-0.05, 0) is 30.7 Å². The molecule has 0 radical (unpaired) electrons. The molecule has 0 atom stereocenters. The lowest BCUT2D eigenvalue weighted by atomic mass is 10.0. The number of nitrogens with two attached hydrogens (primary N) is 1. The number of anilines is 1. The van der Waals surface area contributed by atoms with Crippen LogP contribution in [0.15, 0.2) is 18.5 Å². The summed E-state index contributed by atoms with van der Waals surface area (Å²) in [7, 11) is 0. The molecule has 2 aromatic rings. The third-order valence-electron chi connectivity index (χ3n) is 3.81. The Kier molecular flexibility index (Phi) is 2.31. The predicted molar refractivity (Wildman–Crippen MR) is 68.5 cm³/mol. The molecule has 0 spiro atoms. The molecular weight excluding hydrogens is 212 g/mol. The average Bonchev–Trinajstić information content (AvgIpc) is 3.00. The quantitative estimate of drug-likeness (QED) is 0.878. The van der Waals surface area contributed by atoms with Crippen LogP contribution in [0.4, 0.5) is 5.95 Å². The number of aromatic nitrogens is 3. The van der Waals surface area contributed by atoms with Crippen molar-refractivity contribution in [3.8, 4) is 0 Å². The largest absolute Gasteiger partial charge is 0.369 e. The molecule has 2 heterocycles. The third kappa shape index (κ3) is 1.77. The van der Waals surface area contributed by atoms with Crippen LogP contribution in [0, 0.1) is 5.41 Å². The van der Waals surface area contributed by atoms with E-state index in [0.717, 1.165) is 17.6 Å². The van der Waals surface area contributed by atoms with Crippen molar-refractivity contribution in [2.45, 2.75) is 39.2 Å². The molecule has 1 aliphatic carbocycles. The lowest BCUT2D eigenvalue weighted by molar-refractivity contribution is 0.396. The smallest absolute Gasteiger partial charge is 0.201 e. The molecule has 2 aromatic heterocycles. The Bertz CT molecular complexity index is 539. The number of pyridine rings is 1. The predicted octanol–water partition coefficient (Wildman–Crippen LogP) is 2.59. The zero-order valence-corrected chi connectivity index (χ0v) is 10.2. The highest BCUT2D eigenvalue weighted by molar-refractivity contribution is 5.77. The van der Waals surface area contributed by atoms with Crippen molar-refractivity contribution in [1.82, 2.24) is 14.5 Å². The molecule has 17 heavy (non-hydrogen) atoms. The first-order valence-corrected chi connectivity index (χ1v) is 6.30. The van der Waals surface area contributed by atoms with Gasteiger partial charge in [-0.15, -0.1) is 0 Å². The molecule has 1 fully saturated rings. The number of fused-ring (bicyclic) bond motifs is 1. The summed E-state index contributed by atoms with van der Waals surface area (Å²) in [6.07, 6.45) is 8.77. The zero-order valence-electron chi connectivity index (χ0n) is 10.2. The van der Waals surface area contributed by atoms with Crippen LogP contribution in [0.25, 0.3) is 11.0 Å². The molecule has 0 aliphatic heterocycles. The van der Waals surface area contributed by atoms with Gasteiger partial charge in [-0.1, -0.05) is 13.3 Å². The van der Waals surface area contributed by atoms with Crippen molar-refractivity contribution in [3.05, 3.63) is 18.5 Å². The van der Waals surface area contributed by atoms with Crippen molar-refractivity contribution < 1.29 is 0 Å². The van der Waals surface area contributed by atoms with Gasteiger partial charge in [0, 0.05) is 12.7 Å². The van der Waals surface area contributed by atoms with E-state index < -0.39 is 0 Å². The Morgan fingerprint density at radius 3 is 3.00 bits per heavy atom. The molecule has 0 amide bonds. The maximum atomic E-state index is 6.01. The number of rotatable bonds is 4. The van der Waals surface area contributed by atoms with Crippen LogP contribution in [-0.2, 0) is 6.54 Å². The van der Waals surface area contributed by atoms with Gasteiger partial charge in [0.05, 0.1) is 11.7 Å². The van der Waals surface area contributed by atoms with Crippen LogP contribution in [-0.4, -0.2) is 14.5 Å². The Morgan fingerprint density at radius 1 is 1.47 bits per heavy atom. The van der Waals surface area contributed by atoms with Crippen molar-refractivity contribution in [2.75, 3.05) is 5.73 Å². The van der Waals surface area contributed by atoms with E-state index in [0.29, 0.717) is 11.4 Å². The standard InChI is InChI=1S/C13H18N4/c1-2-4-13(5-6-13)9-17-11-3-7-15-8-10(11)16-12(17)14/h3,7-8H,2,4-6,9H2,1H3,(H2,14,16). The van der Waals surface area contributed by atoms with E-state index in [2.05, 4.69) is 21.5 Å². The van der Waals surface area contributed by atoms with E-state index in [1.54, 1.807) is 12.4 Å². The van der Waals surface area contributed by atoms with Gasteiger partial charge in [-0.25, -0.2) is 4.98 Å². The lowest BCUT2D eigenvalue weighted by Gasteiger charge is -2.16. The Morgan fingerprint density at radius 2 is 2.29 bits per heavy atom. The highest BCUT2D eigenvalue weighted by Gasteiger charge is 2.42. The molecule has 0 saturated heterocycles. The van der Waals surface area contributed by atoms with E-state index in [1.165, 1.54) is 25.7 Å². The van der Waals surface area contributed by atoms with Gasteiger partial charge in [0.1, 0.15) is 5.52 Å². The first-order chi connectivity index (χ1) is 8.24. The molecule has 4 heteroatoms. The van der Waals surface area contributed by atoms with Crippen LogP contribution in [0.3, 0.4) is 0 Å². The number of nitrogens with zero attached hydrogens (tertiary/aromatic N) is 3. The van der Waals surface area contributed by atoms with E-state index >= 15 is 0 Å². The second-order valence-electron chi connectivity index (χ2n) is 5.17. The van der Waals surface area contributed by atoms with E-state index in [-0.39, 0.29) is 0 Å². The molecular formula is C13H18N4. The van der Waals surface area contributed by atoms with Crippen molar-refractivity contribution in [1.29, 1.82) is 0 Å². The van der Waals surface area contributed by atoms with E-state index in [4.69, 9.17) is 5.73 Å². The molecule has 0 aromatic carbocycles. The van der Waals surface area contributed by atoms with Crippen molar-refractivity contribution in [3.63, 3.8) is 0 Å². The summed E-state index contributed by atoms with van der Waals surface area (Å²) < 4.78 is 2.15. The van der Waals surface area contributed by atoms with Crippen molar-refractivity contribution in [2.24, 2.45) is 5.41 Å². The summed E-state index contributed by atoms with van der Waals surface area (Å²) in [6.45, 7) is 3.26. The average molecular weight is 230 g/mol. The summed E-state index contributed by atoms with van der Waals surface area (Å²) >= 11 is 0. The monoisotopic (exact) mass is 230 g/mol. The van der Waals surface area contributed by atoms with Gasteiger partial charge in [0.2, 0.25) is 5.95 Å². The van der Waals surface area contributed by atoms with Crippen molar-refractivity contribution >= 4 is 17.0 Å². The molecule has 3 rings (SSSR count). The Hall–Kier alpha value is -1.58. The van der Waals surface area contributed by atoms with Gasteiger partial charge >= 0.3 is 0 Å². The Balaban J connectivity index is 1.97. The number of imidazole rings is 1. The normalized spacial score (nSPS) is 17.5. The van der Waals surface area contributed by atoms with Gasteiger partial charge in [-0.3, -0.25) is 4.98 Å². The van der Waals surface area contributed by atoms with Gasteiger partial charge in [0.15, 0.2) is 0 Å². The summed E-state index contributed by atoms with van der Waals surface area (Å²) in [5, 5.41) is 0. The van der Waals surface area contributed by atoms with Gasteiger partial charge in [-0.2, -0.15) is 0 Å². The topological polar surface area (TPSA) is 56.7 Å². The second-order valence-corrected chi connectivity index (χ2v) is 5.17. The van der Waals surface area contributed by atoms with Gasteiger partial charge < -0.3 is 10.3 Å². The van der Waals surface area contributed by atoms with E-state index in [1.807, 2.05) is 6.07 Å². The van der Waals surface area contributed by atoms with Crippen LogP contribution in [0.1, 0.15) is 32.6 Å². The highest BCUT2D eigenvalue weighted by Crippen LogP contribution is 2.51. The minimum Gasteiger partial charge on any atom is -0.369 e. The minimum absolute atomic E-state index is 0.486. The maximum absolute atomic E-state index is 6.01. The Labute approximate surface area is 101 Å². The highest BCUT2D eigenvalue weighted by atomic mass is 15.2. The first kappa shape index (κ1) is 10.6. The number of nitrogen functional groups attached to an aromatic ring is 1.